The SMILES string of the molecule is CCC/C(=N\Cc1ccc(OC)cc1OC)c1ccc2c(c1)c(F)c(CO[Si](C)(C)C(C)(C)C)n2C. The first-order chi connectivity index (χ1) is 16.9. The average Bonchev–Trinajstić information content (AvgIpc) is 3.08. The molecule has 0 aliphatic carbocycles. The van der Waals surface area contributed by atoms with Crippen LogP contribution in [0.15, 0.2) is 41.4 Å². The summed E-state index contributed by atoms with van der Waals surface area (Å²) in [6, 6.07) is 11.7. The molecule has 0 spiro atoms. The summed E-state index contributed by atoms with van der Waals surface area (Å²) in [5.74, 6) is 1.28. The van der Waals surface area contributed by atoms with Crippen LogP contribution in [0.25, 0.3) is 10.9 Å². The minimum Gasteiger partial charge on any atom is -0.497 e. The molecule has 0 saturated heterocycles. The minimum atomic E-state index is -2.00. The van der Waals surface area contributed by atoms with Gasteiger partial charge in [-0.25, -0.2) is 4.39 Å². The highest BCUT2D eigenvalue weighted by atomic mass is 28.4. The molecular formula is C29H41FN2O3Si. The lowest BCUT2D eigenvalue weighted by molar-refractivity contribution is 0.263. The monoisotopic (exact) mass is 512 g/mol. The highest BCUT2D eigenvalue weighted by molar-refractivity contribution is 6.74. The van der Waals surface area contributed by atoms with E-state index in [1.54, 1.807) is 14.2 Å². The predicted octanol–water partition coefficient (Wildman–Crippen LogP) is 7.65. The second-order valence-electron chi connectivity index (χ2n) is 10.8. The molecule has 3 rings (SSSR count). The number of fused-ring (bicyclic) bond motifs is 1. The first-order valence-electron chi connectivity index (χ1n) is 12.6. The zero-order valence-corrected chi connectivity index (χ0v) is 24.3. The van der Waals surface area contributed by atoms with Crippen molar-refractivity contribution in [3.05, 3.63) is 59.0 Å². The van der Waals surface area contributed by atoms with Crippen LogP contribution in [0, 0.1) is 5.82 Å². The lowest BCUT2D eigenvalue weighted by Crippen LogP contribution is -2.40. The molecule has 5 nitrogen and oxygen atoms in total. The van der Waals surface area contributed by atoms with Gasteiger partial charge in [0.05, 0.1) is 38.6 Å². The van der Waals surface area contributed by atoms with E-state index in [0.717, 1.165) is 46.7 Å². The second kappa shape index (κ2) is 11.2. The second-order valence-corrected chi connectivity index (χ2v) is 15.6. The number of methoxy groups -OCH3 is 2. The lowest BCUT2D eigenvalue weighted by atomic mass is 10.0. The van der Waals surface area contributed by atoms with Crippen molar-refractivity contribution in [1.82, 2.24) is 4.57 Å². The van der Waals surface area contributed by atoms with Gasteiger partial charge in [-0.15, -0.1) is 0 Å². The van der Waals surface area contributed by atoms with E-state index in [1.165, 1.54) is 0 Å². The molecule has 0 aliphatic rings. The van der Waals surface area contributed by atoms with E-state index in [9.17, 15) is 0 Å². The van der Waals surface area contributed by atoms with Gasteiger partial charge in [0.2, 0.25) is 0 Å². The van der Waals surface area contributed by atoms with E-state index in [-0.39, 0.29) is 17.5 Å². The molecule has 3 aromatic rings. The van der Waals surface area contributed by atoms with Crippen LogP contribution in [-0.2, 0) is 24.6 Å². The molecule has 36 heavy (non-hydrogen) atoms. The average molecular weight is 513 g/mol. The summed E-state index contributed by atoms with van der Waals surface area (Å²) in [5.41, 5.74) is 4.32. The van der Waals surface area contributed by atoms with Gasteiger partial charge in [-0.05, 0) is 54.4 Å². The van der Waals surface area contributed by atoms with Crippen LogP contribution in [0.2, 0.25) is 18.1 Å². The zero-order chi connectivity index (χ0) is 26.7. The van der Waals surface area contributed by atoms with E-state index >= 15 is 4.39 Å². The smallest absolute Gasteiger partial charge is 0.192 e. The number of ether oxygens (including phenoxy) is 2. The maximum atomic E-state index is 15.7. The number of hydrogen-bond donors (Lipinski definition) is 0. The number of rotatable bonds is 10. The Hall–Kier alpha value is -2.64. The summed E-state index contributed by atoms with van der Waals surface area (Å²) >= 11 is 0. The van der Waals surface area contributed by atoms with E-state index in [2.05, 4.69) is 40.8 Å². The Labute approximate surface area is 216 Å². The fraction of sp³-hybridized carbons (Fsp3) is 0.483. The van der Waals surface area contributed by atoms with Crippen molar-refractivity contribution in [2.45, 2.75) is 71.8 Å². The number of aliphatic imine (C=N–C) groups is 1. The van der Waals surface area contributed by atoms with Crippen LogP contribution >= 0.6 is 0 Å². The fourth-order valence-electron chi connectivity index (χ4n) is 3.97. The summed E-state index contributed by atoms with van der Waals surface area (Å²) in [7, 11) is 3.19. The molecule has 0 N–H and O–H groups in total. The van der Waals surface area contributed by atoms with Gasteiger partial charge in [0.25, 0.3) is 0 Å². The summed E-state index contributed by atoms with van der Waals surface area (Å²) in [4.78, 5) is 4.93. The summed E-state index contributed by atoms with van der Waals surface area (Å²) in [6.07, 6.45) is 1.75. The molecule has 0 unspecified atom stereocenters. The molecular weight excluding hydrogens is 471 g/mol. The number of nitrogens with zero attached hydrogens (tertiary/aromatic N) is 2. The molecule has 0 bridgehead atoms. The predicted molar refractivity (Wildman–Crippen MR) is 150 cm³/mol. The Balaban J connectivity index is 1.94. The largest absolute Gasteiger partial charge is 0.497 e. The highest BCUT2D eigenvalue weighted by Crippen LogP contribution is 2.38. The molecule has 0 amide bonds. The highest BCUT2D eigenvalue weighted by Gasteiger charge is 2.37. The van der Waals surface area contributed by atoms with Gasteiger partial charge >= 0.3 is 0 Å². The topological polar surface area (TPSA) is 45.0 Å². The number of aromatic nitrogens is 1. The Morgan fingerprint density at radius 3 is 2.39 bits per heavy atom. The van der Waals surface area contributed by atoms with Gasteiger partial charge in [0, 0.05) is 29.8 Å². The van der Waals surface area contributed by atoms with Crippen LogP contribution in [0.3, 0.4) is 0 Å². The Morgan fingerprint density at radius 2 is 1.78 bits per heavy atom. The summed E-state index contributed by atoms with van der Waals surface area (Å²) in [5, 5.41) is 0.675. The molecule has 0 atom stereocenters. The summed E-state index contributed by atoms with van der Waals surface area (Å²) in [6.45, 7) is 13.8. The van der Waals surface area contributed by atoms with E-state index in [4.69, 9.17) is 18.9 Å². The first-order valence-corrected chi connectivity index (χ1v) is 15.5. The third-order valence-electron chi connectivity index (χ3n) is 7.38. The van der Waals surface area contributed by atoms with Crippen molar-refractivity contribution in [2.75, 3.05) is 14.2 Å². The number of benzene rings is 2. The van der Waals surface area contributed by atoms with Crippen LogP contribution in [0.5, 0.6) is 11.5 Å². The van der Waals surface area contributed by atoms with E-state index in [1.807, 2.05) is 48.0 Å². The van der Waals surface area contributed by atoms with Crippen LogP contribution in [0.1, 0.15) is 57.4 Å². The number of halogens is 1. The van der Waals surface area contributed by atoms with Gasteiger partial charge < -0.3 is 18.5 Å². The van der Waals surface area contributed by atoms with Gasteiger partial charge in [-0.2, -0.15) is 0 Å². The van der Waals surface area contributed by atoms with Crippen LogP contribution < -0.4 is 9.47 Å². The van der Waals surface area contributed by atoms with Crippen molar-refractivity contribution < 1.29 is 18.3 Å². The van der Waals surface area contributed by atoms with Gasteiger partial charge in [0.1, 0.15) is 11.5 Å². The molecule has 1 aromatic heterocycles. The molecule has 7 heteroatoms. The van der Waals surface area contributed by atoms with Crippen LogP contribution in [0.4, 0.5) is 4.39 Å². The standard InChI is InChI=1S/C29H41FN2O3Si/c1-10-11-24(31-18-21-12-14-22(33-6)17-27(21)34-7)20-13-15-25-23(16-20)28(30)26(32(25)5)19-35-36(8,9)29(2,3)4/h12-17H,10-11,18-19H2,1-9H3/b31-24+. The Kier molecular flexibility index (Phi) is 8.67. The number of aryl methyl sites for hydroxylation is 1. The van der Waals surface area contributed by atoms with Crippen molar-refractivity contribution in [1.29, 1.82) is 0 Å². The van der Waals surface area contributed by atoms with Gasteiger partial charge in [-0.3, -0.25) is 4.99 Å². The maximum Gasteiger partial charge on any atom is 0.192 e. The summed E-state index contributed by atoms with van der Waals surface area (Å²) < 4.78 is 34.8. The van der Waals surface area contributed by atoms with Crippen molar-refractivity contribution in [3.8, 4) is 11.5 Å². The maximum absolute atomic E-state index is 15.7. The third-order valence-corrected chi connectivity index (χ3v) is 11.9. The lowest BCUT2D eigenvalue weighted by Gasteiger charge is -2.36. The molecule has 0 saturated carbocycles. The number of hydrogen-bond acceptors (Lipinski definition) is 4. The van der Waals surface area contributed by atoms with Gasteiger partial charge in [0.15, 0.2) is 14.1 Å². The van der Waals surface area contributed by atoms with E-state index < -0.39 is 8.32 Å². The molecule has 2 aromatic carbocycles. The fourth-order valence-corrected chi connectivity index (χ4v) is 4.90. The molecule has 0 radical (unpaired) electrons. The third kappa shape index (κ3) is 5.84. The molecule has 1 heterocycles. The first kappa shape index (κ1) is 27.9. The molecule has 196 valence electrons. The van der Waals surface area contributed by atoms with E-state index in [0.29, 0.717) is 17.6 Å². The van der Waals surface area contributed by atoms with Crippen molar-refractivity contribution in [3.63, 3.8) is 0 Å². The quantitative estimate of drug-likeness (QED) is 0.207. The van der Waals surface area contributed by atoms with Gasteiger partial charge in [-0.1, -0.05) is 40.2 Å². The van der Waals surface area contributed by atoms with Crippen molar-refractivity contribution >= 4 is 24.9 Å². The van der Waals surface area contributed by atoms with Crippen LogP contribution in [-0.4, -0.2) is 32.8 Å². The van der Waals surface area contributed by atoms with Crippen molar-refractivity contribution in [2.24, 2.45) is 12.0 Å². The Morgan fingerprint density at radius 1 is 1.06 bits per heavy atom. The Bertz CT molecular complexity index is 1240. The normalized spacial score (nSPS) is 12.9. The minimum absolute atomic E-state index is 0.0688. The molecule has 0 aliphatic heterocycles. The zero-order valence-electron chi connectivity index (χ0n) is 23.3. The molecule has 0 fully saturated rings.